The molecule has 6 heteroatoms. The molecule has 0 unspecified atom stereocenters. The van der Waals surface area contributed by atoms with Crippen LogP contribution in [0.2, 0.25) is 5.02 Å². The molecule has 1 N–H and O–H groups in total. The van der Waals surface area contributed by atoms with Crippen molar-refractivity contribution in [3.05, 3.63) is 29.4 Å². The number of aromatic nitrogens is 5. The number of H-pyrrole nitrogens is 1. The number of tetrazole rings is 1. The molecular formula is C13H12ClN5. The van der Waals surface area contributed by atoms with E-state index in [4.69, 9.17) is 11.6 Å². The van der Waals surface area contributed by atoms with Crippen molar-refractivity contribution in [2.24, 2.45) is 5.92 Å². The highest BCUT2D eigenvalue weighted by Crippen LogP contribution is 2.35. The first-order valence-corrected chi connectivity index (χ1v) is 6.71. The summed E-state index contributed by atoms with van der Waals surface area (Å²) in [6.45, 7) is 1.05. The highest BCUT2D eigenvalue weighted by atomic mass is 35.5. The van der Waals surface area contributed by atoms with Crippen LogP contribution in [0, 0.1) is 5.92 Å². The van der Waals surface area contributed by atoms with Gasteiger partial charge in [-0.25, -0.2) is 0 Å². The van der Waals surface area contributed by atoms with E-state index in [9.17, 15) is 0 Å². The SMILES string of the molecule is Clc1cc(-c2nn[nH]n2)c2c(ccn2CC2CC2)c1. The summed E-state index contributed by atoms with van der Waals surface area (Å²) in [6.07, 6.45) is 4.76. The number of nitrogens with zero attached hydrogens (tertiary/aromatic N) is 4. The van der Waals surface area contributed by atoms with E-state index in [1.807, 2.05) is 12.1 Å². The molecular weight excluding hydrogens is 262 g/mol. The maximum Gasteiger partial charge on any atom is 0.206 e. The largest absolute Gasteiger partial charge is 0.347 e. The van der Waals surface area contributed by atoms with Crippen LogP contribution in [0.5, 0.6) is 0 Å². The Kier molecular flexibility index (Phi) is 2.35. The molecule has 0 saturated heterocycles. The van der Waals surface area contributed by atoms with Crippen LogP contribution in [0.3, 0.4) is 0 Å². The Morgan fingerprint density at radius 2 is 2.26 bits per heavy atom. The fraction of sp³-hybridized carbons (Fsp3) is 0.308. The van der Waals surface area contributed by atoms with Gasteiger partial charge in [-0.05, 0) is 42.2 Å². The van der Waals surface area contributed by atoms with Crippen molar-refractivity contribution in [2.75, 3.05) is 0 Å². The smallest absolute Gasteiger partial charge is 0.206 e. The minimum atomic E-state index is 0.586. The lowest BCUT2D eigenvalue weighted by Crippen LogP contribution is -1.99. The van der Waals surface area contributed by atoms with E-state index in [1.165, 1.54) is 12.8 Å². The monoisotopic (exact) mass is 273 g/mol. The number of aromatic amines is 1. The Hall–Kier alpha value is -1.88. The second-order valence-electron chi connectivity index (χ2n) is 5.04. The first-order chi connectivity index (χ1) is 9.31. The number of fused-ring (bicyclic) bond motifs is 1. The first-order valence-electron chi connectivity index (χ1n) is 6.33. The number of nitrogens with one attached hydrogen (secondary N) is 1. The summed E-state index contributed by atoms with van der Waals surface area (Å²) in [5.74, 6) is 1.40. The summed E-state index contributed by atoms with van der Waals surface area (Å²) in [4.78, 5) is 0. The predicted octanol–water partition coefficient (Wildman–Crippen LogP) is 2.88. The fourth-order valence-electron chi connectivity index (χ4n) is 2.49. The minimum absolute atomic E-state index is 0.586. The Balaban J connectivity index is 1.95. The van der Waals surface area contributed by atoms with E-state index in [1.54, 1.807) is 0 Å². The van der Waals surface area contributed by atoms with E-state index >= 15 is 0 Å². The van der Waals surface area contributed by atoms with Crippen LogP contribution in [0.1, 0.15) is 12.8 Å². The summed E-state index contributed by atoms with van der Waals surface area (Å²) in [5.41, 5.74) is 2.07. The van der Waals surface area contributed by atoms with E-state index in [2.05, 4.69) is 37.5 Å². The van der Waals surface area contributed by atoms with Gasteiger partial charge in [0.25, 0.3) is 0 Å². The summed E-state index contributed by atoms with van der Waals surface area (Å²) in [7, 11) is 0. The van der Waals surface area contributed by atoms with Gasteiger partial charge in [0.15, 0.2) is 0 Å². The second-order valence-corrected chi connectivity index (χ2v) is 5.47. The maximum absolute atomic E-state index is 6.17. The number of benzene rings is 1. The van der Waals surface area contributed by atoms with Gasteiger partial charge in [-0.1, -0.05) is 11.6 Å². The van der Waals surface area contributed by atoms with E-state index in [0.717, 1.165) is 28.9 Å². The van der Waals surface area contributed by atoms with Gasteiger partial charge in [0.1, 0.15) is 0 Å². The van der Waals surface area contributed by atoms with Crippen molar-refractivity contribution in [1.29, 1.82) is 0 Å². The van der Waals surface area contributed by atoms with Crippen molar-refractivity contribution >= 4 is 22.5 Å². The number of hydrogen-bond acceptors (Lipinski definition) is 3. The Morgan fingerprint density at radius 1 is 1.37 bits per heavy atom. The molecule has 3 aromatic rings. The maximum atomic E-state index is 6.17. The van der Waals surface area contributed by atoms with Gasteiger partial charge in [0.05, 0.1) is 5.52 Å². The van der Waals surface area contributed by atoms with E-state index < -0.39 is 0 Å². The van der Waals surface area contributed by atoms with Crippen LogP contribution < -0.4 is 0 Å². The zero-order valence-electron chi connectivity index (χ0n) is 10.2. The molecule has 0 amide bonds. The highest BCUT2D eigenvalue weighted by molar-refractivity contribution is 6.31. The lowest BCUT2D eigenvalue weighted by atomic mass is 10.1. The molecule has 1 saturated carbocycles. The van der Waals surface area contributed by atoms with Gasteiger partial charge < -0.3 is 4.57 Å². The number of halogens is 1. The van der Waals surface area contributed by atoms with Crippen LogP contribution in [-0.4, -0.2) is 25.2 Å². The summed E-state index contributed by atoms with van der Waals surface area (Å²) < 4.78 is 2.27. The summed E-state index contributed by atoms with van der Waals surface area (Å²) in [6, 6.07) is 5.97. The van der Waals surface area contributed by atoms with Crippen molar-refractivity contribution in [3.63, 3.8) is 0 Å². The third-order valence-corrected chi connectivity index (χ3v) is 3.78. The fourth-order valence-corrected chi connectivity index (χ4v) is 2.72. The van der Waals surface area contributed by atoms with Crippen LogP contribution in [0.25, 0.3) is 22.3 Å². The molecule has 1 aliphatic rings. The standard InChI is InChI=1S/C13H12ClN5/c14-10-5-9-3-4-19(7-8-1-2-8)12(9)11(6-10)13-15-17-18-16-13/h3-6,8H,1-2,7H2,(H,15,16,17,18). The quantitative estimate of drug-likeness (QED) is 0.798. The van der Waals surface area contributed by atoms with Crippen LogP contribution in [-0.2, 0) is 6.54 Å². The first kappa shape index (κ1) is 11.0. The molecule has 2 heterocycles. The zero-order valence-corrected chi connectivity index (χ0v) is 10.9. The average molecular weight is 274 g/mol. The molecule has 4 rings (SSSR count). The number of hydrogen-bond donors (Lipinski definition) is 1. The Labute approximate surface area is 114 Å². The average Bonchev–Trinajstić information content (AvgIpc) is 2.91. The third-order valence-electron chi connectivity index (χ3n) is 3.56. The molecule has 0 bridgehead atoms. The molecule has 0 radical (unpaired) electrons. The summed E-state index contributed by atoms with van der Waals surface area (Å²) in [5, 5.41) is 16.1. The highest BCUT2D eigenvalue weighted by Gasteiger charge is 2.23. The normalized spacial score (nSPS) is 15.2. The molecule has 19 heavy (non-hydrogen) atoms. The molecule has 1 fully saturated rings. The van der Waals surface area contributed by atoms with Gasteiger partial charge in [-0.2, -0.15) is 5.21 Å². The lowest BCUT2D eigenvalue weighted by molar-refractivity contribution is 0.647. The lowest BCUT2D eigenvalue weighted by Gasteiger charge is -2.07. The molecule has 1 aromatic carbocycles. The Bertz CT molecular complexity index is 727. The van der Waals surface area contributed by atoms with Gasteiger partial charge in [-0.15, -0.1) is 10.2 Å². The van der Waals surface area contributed by atoms with Gasteiger partial charge in [0.2, 0.25) is 5.82 Å². The molecule has 0 aliphatic heterocycles. The van der Waals surface area contributed by atoms with Gasteiger partial charge in [0, 0.05) is 28.7 Å². The van der Waals surface area contributed by atoms with Crippen molar-refractivity contribution in [3.8, 4) is 11.4 Å². The third kappa shape index (κ3) is 1.90. The van der Waals surface area contributed by atoms with Crippen molar-refractivity contribution in [1.82, 2.24) is 25.2 Å². The molecule has 2 aromatic heterocycles. The number of rotatable bonds is 3. The second kappa shape index (κ2) is 4.06. The van der Waals surface area contributed by atoms with E-state index in [-0.39, 0.29) is 0 Å². The van der Waals surface area contributed by atoms with Gasteiger partial charge in [-0.3, -0.25) is 0 Å². The van der Waals surface area contributed by atoms with Crippen LogP contribution >= 0.6 is 11.6 Å². The zero-order chi connectivity index (χ0) is 12.8. The van der Waals surface area contributed by atoms with E-state index in [0.29, 0.717) is 10.8 Å². The van der Waals surface area contributed by atoms with Crippen LogP contribution in [0.4, 0.5) is 0 Å². The predicted molar refractivity (Wildman–Crippen MR) is 72.8 cm³/mol. The molecule has 96 valence electrons. The summed E-state index contributed by atoms with van der Waals surface area (Å²) >= 11 is 6.17. The Morgan fingerprint density at radius 3 is 3.00 bits per heavy atom. The molecule has 1 aliphatic carbocycles. The van der Waals surface area contributed by atoms with Gasteiger partial charge >= 0.3 is 0 Å². The molecule has 5 nitrogen and oxygen atoms in total. The topological polar surface area (TPSA) is 59.4 Å². The van der Waals surface area contributed by atoms with Crippen molar-refractivity contribution < 1.29 is 0 Å². The van der Waals surface area contributed by atoms with Crippen molar-refractivity contribution in [2.45, 2.75) is 19.4 Å². The molecule has 0 spiro atoms. The van der Waals surface area contributed by atoms with Crippen LogP contribution in [0.15, 0.2) is 24.4 Å². The molecule has 0 atom stereocenters. The minimum Gasteiger partial charge on any atom is -0.347 e.